The highest BCUT2D eigenvalue weighted by atomic mass is 31.1. The van der Waals surface area contributed by atoms with Crippen LogP contribution in [0.15, 0.2) is 12.4 Å². The van der Waals surface area contributed by atoms with Gasteiger partial charge in [0.05, 0.1) is 18.1 Å². The largest absolute Gasteiger partial charge is 0.362 e. The summed E-state index contributed by atoms with van der Waals surface area (Å²) in [6.07, 6.45) is 5.54. The quantitative estimate of drug-likeness (QED) is 0.684. The highest BCUT2D eigenvalue weighted by Gasteiger charge is 2.27. The summed E-state index contributed by atoms with van der Waals surface area (Å²) >= 11 is 0. The fourth-order valence-corrected chi connectivity index (χ4v) is 1.49. The van der Waals surface area contributed by atoms with Crippen LogP contribution >= 0.6 is 8.46 Å². The molecular formula is C8H12N2O2P. The van der Waals surface area contributed by atoms with Gasteiger partial charge in [-0.05, 0) is 13.8 Å². The lowest BCUT2D eigenvalue weighted by molar-refractivity contribution is 0.0378. The summed E-state index contributed by atoms with van der Waals surface area (Å²) in [5.41, 5.74) is 0.595. The molecule has 0 saturated carbocycles. The van der Waals surface area contributed by atoms with Crippen molar-refractivity contribution in [1.29, 1.82) is 0 Å². The lowest BCUT2D eigenvalue weighted by Gasteiger charge is -2.21. The van der Waals surface area contributed by atoms with E-state index in [9.17, 15) is 4.57 Å². The molecule has 1 radical (unpaired) electrons. The van der Waals surface area contributed by atoms with E-state index in [0.29, 0.717) is 12.3 Å². The molecule has 0 amide bonds. The molecule has 0 aromatic carbocycles. The fourth-order valence-electron chi connectivity index (χ4n) is 0.988. The van der Waals surface area contributed by atoms with Crippen molar-refractivity contribution in [3.05, 3.63) is 24.3 Å². The average molecular weight is 199 g/mol. The van der Waals surface area contributed by atoms with Crippen molar-refractivity contribution in [2.75, 3.05) is 6.61 Å². The van der Waals surface area contributed by atoms with E-state index in [-0.39, 0.29) is 0 Å². The molecule has 1 heterocycles. The SMILES string of the molecule is CCOC(C)([PH2]=O)c1cn[c]cn1. The highest BCUT2D eigenvalue weighted by Crippen LogP contribution is 2.33. The van der Waals surface area contributed by atoms with Gasteiger partial charge in [-0.1, -0.05) is 0 Å². The number of aromatic nitrogens is 2. The van der Waals surface area contributed by atoms with Crippen molar-refractivity contribution >= 4 is 8.46 Å². The van der Waals surface area contributed by atoms with Crippen LogP contribution in [0.5, 0.6) is 0 Å². The lowest BCUT2D eigenvalue weighted by Crippen LogP contribution is -2.20. The molecule has 2 unspecified atom stereocenters. The Morgan fingerprint density at radius 3 is 3.00 bits per heavy atom. The first-order chi connectivity index (χ1) is 6.23. The molecule has 0 aliphatic rings. The second kappa shape index (κ2) is 4.49. The van der Waals surface area contributed by atoms with Crippen LogP contribution in [0, 0.1) is 6.20 Å². The Kier molecular flexibility index (Phi) is 3.58. The molecule has 13 heavy (non-hydrogen) atoms. The Morgan fingerprint density at radius 2 is 2.54 bits per heavy atom. The number of rotatable bonds is 4. The van der Waals surface area contributed by atoms with E-state index in [2.05, 4.69) is 16.2 Å². The lowest BCUT2D eigenvalue weighted by atomic mass is 10.3. The van der Waals surface area contributed by atoms with Gasteiger partial charge in [-0.2, -0.15) is 0 Å². The zero-order valence-corrected chi connectivity index (χ0v) is 8.80. The molecule has 1 rings (SSSR count). The van der Waals surface area contributed by atoms with E-state index in [4.69, 9.17) is 4.74 Å². The molecule has 0 spiro atoms. The van der Waals surface area contributed by atoms with Gasteiger partial charge >= 0.3 is 0 Å². The van der Waals surface area contributed by atoms with E-state index in [1.165, 1.54) is 12.4 Å². The zero-order chi connectivity index (χ0) is 9.73. The van der Waals surface area contributed by atoms with Gasteiger partial charge in [-0.25, -0.2) is 0 Å². The van der Waals surface area contributed by atoms with Crippen LogP contribution in [0.4, 0.5) is 0 Å². The third-order valence-electron chi connectivity index (χ3n) is 1.70. The van der Waals surface area contributed by atoms with Crippen LogP contribution in [-0.2, 0) is 14.6 Å². The minimum atomic E-state index is -1.08. The van der Waals surface area contributed by atoms with Crippen molar-refractivity contribution in [2.45, 2.75) is 19.2 Å². The van der Waals surface area contributed by atoms with Crippen LogP contribution in [0.2, 0.25) is 0 Å². The van der Waals surface area contributed by atoms with Crippen LogP contribution in [0.1, 0.15) is 19.5 Å². The highest BCUT2D eigenvalue weighted by molar-refractivity contribution is 7.25. The van der Waals surface area contributed by atoms with Gasteiger partial charge in [0.2, 0.25) is 0 Å². The summed E-state index contributed by atoms with van der Waals surface area (Å²) in [6, 6.07) is 0. The van der Waals surface area contributed by atoms with E-state index in [0.717, 1.165) is 0 Å². The zero-order valence-electron chi connectivity index (χ0n) is 7.65. The number of ether oxygens (including phenoxy) is 1. The maximum absolute atomic E-state index is 11.0. The standard InChI is InChI=1S/C8H12N2O2P/c1-3-12-8(2,13-11)7-6-9-4-5-10-7/h5-6H,3,13H2,1-2H3. The smallest absolute Gasteiger partial charge is 0.156 e. The second-order valence-electron chi connectivity index (χ2n) is 2.69. The maximum atomic E-state index is 11.0. The van der Waals surface area contributed by atoms with Crippen molar-refractivity contribution in [3.8, 4) is 0 Å². The van der Waals surface area contributed by atoms with Gasteiger partial charge < -0.3 is 9.30 Å². The van der Waals surface area contributed by atoms with Gasteiger partial charge in [0.15, 0.2) is 5.34 Å². The third-order valence-corrected chi connectivity index (χ3v) is 2.61. The number of hydrogen-bond acceptors (Lipinski definition) is 4. The van der Waals surface area contributed by atoms with Gasteiger partial charge in [-0.15, -0.1) is 0 Å². The van der Waals surface area contributed by atoms with E-state index >= 15 is 0 Å². The molecule has 0 N–H and O–H groups in total. The first-order valence-electron chi connectivity index (χ1n) is 4.02. The molecule has 2 atom stereocenters. The van der Waals surface area contributed by atoms with E-state index in [1.807, 2.05) is 6.92 Å². The topological polar surface area (TPSA) is 52.1 Å². The Labute approximate surface area is 78.6 Å². The van der Waals surface area contributed by atoms with Gasteiger partial charge in [0, 0.05) is 6.61 Å². The minimum absolute atomic E-state index is 0.506. The summed E-state index contributed by atoms with van der Waals surface area (Å²) in [5, 5.41) is -0.781. The number of nitrogens with zero attached hydrogens (tertiary/aromatic N) is 2. The molecule has 1 aromatic rings. The van der Waals surface area contributed by atoms with Crippen molar-refractivity contribution in [3.63, 3.8) is 0 Å². The van der Waals surface area contributed by atoms with Crippen LogP contribution in [-0.4, -0.2) is 16.6 Å². The maximum Gasteiger partial charge on any atom is 0.156 e. The molecule has 0 bridgehead atoms. The van der Waals surface area contributed by atoms with Gasteiger partial charge in [0.1, 0.15) is 14.7 Å². The first-order valence-corrected chi connectivity index (χ1v) is 5.06. The van der Waals surface area contributed by atoms with Crippen molar-refractivity contribution < 1.29 is 9.30 Å². The van der Waals surface area contributed by atoms with Crippen molar-refractivity contribution in [1.82, 2.24) is 9.97 Å². The summed E-state index contributed by atoms with van der Waals surface area (Å²) in [7, 11) is -1.08. The molecule has 5 heteroatoms. The Bertz CT molecular complexity index is 281. The monoisotopic (exact) mass is 199 g/mol. The van der Waals surface area contributed by atoms with Crippen LogP contribution in [0.25, 0.3) is 0 Å². The molecule has 0 aliphatic carbocycles. The predicted molar refractivity (Wildman–Crippen MR) is 50.2 cm³/mol. The summed E-state index contributed by atoms with van der Waals surface area (Å²) in [4.78, 5) is 7.81. The summed E-state index contributed by atoms with van der Waals surface area (Å²) in [6.45, 7) is 4.12. The predicted octanol–water partition coefficient (Wildman–Crippen LogP) is 1.24. The molecular weight excluding hydrogens is 187 g/mol. The van der Waals surface area contributed by atoms with Crippen molar-refractivity contribution in [2.24, 2.45) is 0 Å². The van der Waals surface area contributed by atoms with Crippen LogP contribution < -0.4 is 0 Å². The fraction of sp³-hybridized carbons (Fsp3) is 0.500. The minimum Gasteiger partial charge on any atom is -0.362 e. The average Bonchev–Trinajstić information content (AvgIpc) is 2.19. The molecule has 0 fully saturated rings. The molecule has 0 aliphatic heterocycles. The van der Waals surface area contributed by atoms with Gasteiger partial charge in [0.25, 0.3) is 0 Å². The van der Waals surface area contributed by atoms with E-state index in [1.54, 1.807) is 6.92 Å². The Morgan fingerprint density at radius 1 is 1.77 bits per heavy atom. The number of hydrogen-bond donors (Lipinski definition) is 0. The van der Waals surface area contributed by atoms with Gasteiger partial charge in [-0.3, -0.25) is 9.97 Å². The second-order valence-corrected chi connectivity index (χ2v) is 4.03. The molecule has 71 valence electrons. The summed E-state index contributed by atoms with van der Waals surface area (Å²) in [5.74, 6) is 0. The molecule has 0 saturated heterocycles. The van der Waals surface area contributed by atoms with Crippen LogP contribution in [0.3, 0.4) is 0 Å². The Hall–Kier alpha value is -0.730. The third kappa shape index (κ3) is 2.36. The summed E-state index contributed by atoms with van der Waals surface area (Å²) < 4.78 is 16.4. The molecule has 1 aromatic heterocycles. The normalized spacial score (nSPS) is 16.2. The molecule has 4 nitrogen and oxygen atoms in total. The van der Waals surface area contributed by atoms with E-state index < -0.39 is 13.8 Å². The Balaban J connectivity index is 2.95. The first kappa shape index (κ1) is 10.4.